The number of nitrogens with zero attached hydrogens (tertiary/aromatic N) is 2. The molecule has 3 aromatic rings. The zero-order valence-electron chi connectivity index (χ0n) is 11.4. The van der Waals surface area contributed by atoms with Gasteiger partial charge in [-0.15, -0.1) is 4.68 Å². The van der Waals surface area contributed by atoms with E-state index in [9.17, 15) is 0 Å². The van der Waals surface area contributed by atoms with E-state index in [4.69, 9.17) is 0 Å². The monoisotopic (exact) mass is 327 g/mol. The Hall–Kier alpha value is -1.61. The molecule has 0 N–H and O–H groups in total. The van der Waals surface area contributed by atoms with Crippen molar-refractivity contribution >= 4 is 26.8 Å². The summed E-state index contributed by atoms with van der Waals surface area (Å²) in [6.07, 6.45) is 0. The second kappa shape index (κ2) is 4.45. The van der Waals surface area contributed by atoms with E-state index in [-0.39, 0.29) is 0 Å². The number of hydrogen-bond donors (Lipinski definition) is 0. The standard InChI is InChI=1S/C17H16BrN2/c1-12-7-8-16-15(9-12)17(13-5-3-2-4-6-13)20-11-14(18)10-19(16)20/h2-9,14H,10-11H2,1H3/q+1. The lowest BCUT2D eigenvalue weighted by Crippen LogP contribution is -2.39. The fourth-order valence-electron chi connectivity index (χ4n) is 3.17. The Kier molecular flexibility index (Phi) is 2.71. The maximum absolute atomic E-state index is 3.76. The van der Waals surface area contributed by atoms with E-state index in [0.717, 1.165) is 13.1 Å². The van der Waals surface area contributed by atoms with Crippen LogP contribution in [0.4, 0.5) is 0 Å². The third-order valence-corrected chi connectivity index (χ3v) is 4.60. The molecule has 0 saturated heterocycles. The van der Waals surface area contributed by atoms with Crippen molar-refractivity contribution in [2.75, 3.05) is 0 Å². The van der Waals surface area contributed by atoms with Crippen LogP contribution in [0.5, 0.6) is 0 Å². The number of benzene rings is 2. The molecule has 2 aromatic carbocycles. The Labute approximate surface area is 126 Å². The summed E-state index contributed by atoms with van der Waals surface area (Å²) in [5.41, 5.74) is 5.28. The highest BCUT2D eigenvalue weighted by Gasteiger charge is 2.34. The van der Waals surface area contributed by atoms with Crippen LogP contribution in [-0.2, 0) is 13.1 Å². The molecule has 4 rings (SSSR count). The average Bonchev–Trinajstić information content (AvgIpc) is 2.94. The predicted molar refractivity (Wildman–Crippen MR) is 85.0 cm³/mol. The molecule has 1 aliphatic rings. The summed E-state index contributed by atoms with van der Waals surface area (Å²) in [6, 6.07) is 17.5. The van der Waals surface area contributed by atoms with Gasteiger partial charge in [0.15, 0.2) is 6.54 Å². The summed E-state index contributed by atoms with van der Waals surface area (Å²) in [5, 5.41) is 1.36. The van der Waals surface area contributed by atoms with Crippen molar-refractivity contribution < 1.29 is 4.68 Å². The smallest absolute Gasteiger partial charge is 0.151 e. The molecule has 1 aromatic heterocycles. The average molecular weight is 328 g/mol. The third kappa shape index (κ3) is 1.73. The molecular formula is C17H16BrN2+. The second-order valence-corrected chi connectivity index (χ2v) is 6.79. The van der Waals surface area contributed by atoms with Gasteiger partial charge in [-0.25, -0.2) is 0 Å². The summed E-state index contributed by atoms with van der Waals surface area (Å²) in [5.74, 6) is 0. The van der Waals surface area contributed by atoms with Crippen LogP contribution in [0, 0.1) is 6.92 Å². The molecule has 2 heterocycles. The van der Waals surface area contributed by atoms with Crippen molar-refractivity contribution in [1.82, 2.24) is 4.68 Å². The lowest BCUT2D eigenvalue weighted by molar-refractivity contribution is -0.745. The molecule has 0 spiro atoms. The van der Waals surface area contributed by atoms with Gasteiger partial charge in [0.1, 0.15) is 5.52 Å². The van der Waals surface area contributed by atoms with Gasteiger partial charge in [0, 0.05) is 5.56 Å². The van der Waals surface area contributed by atoms with Crippen LogP contribution in [0.15, 0.2) is 48.5 Å². The Bertz CT molecular complexity index is 790. The van der Waals surface area contributed by atoms with E-state index in [1.165, 1.54) is 27.7 Å². The molecule has 0 amide bonds. The first-order valence-corrected chi connectivity index (χ1v) is 7.88. The van der Waals surface area contributed by atoms with E-state index in [0.29, 0.717) is 4.83 Å². The summed E-state index contributed by atoms with van der Waals surface area (Å²) < 4.78 is 4.81. The largest absolute Gasteiger partial charge is 0.246 e. The van der Waals surface area contributed by atoms with E-state index >= 15 is 0 Å². The minimum absolute atomic E-state index is 0.524. The van der Waals surface area contributed by atoms with Crippen LogP contribution >= 0.6 is 15.9 Å². The summed E-state index contributed by atoms with van der Waals surface area (Å²) in [4.78, 5) is 0.524. The van der Waals surface area contributed by atoms with Gasteiger partial charge < -0.3 is 0 Å². The van der Waals surface area contributed by atoms with E-state index < -0.39 is 0 Å². The Morgan fingerprint density at radius 2 is 1.95 bits per heavy atom. The number of aromatic nitrogens is 2. The maximum Gasteiger partial charge on any atom is 0.246 e. The van der Waals surface area contributed by atoms with Crippen LogP contribution < -0.4 is 4.68 Å². The molecule has 2 nitrogen and oxygen atoms in total. The van der Waals surface area contributed by atoms with Crippen molar-refractivity contribution in [3.05, 3.63) is 54.1 Å². The van der Waals surface area contributed by atoms with E-state index in [2.05, 4.69) is 80.7 Å². The molecular weight excluding hydrogens is 312 g/mol. The third-order valence-electron chi connectivity index (χ3n) is 4.02. The highest BCUT2D eigenvalue weighted by Crippen LogP contribution is 2.30. The number of aryl methyl sites for hydroxylation is 1. The van der Waals surface area contributed by atoms with E-state index in [1.54, 1.807) is 0 Å². The van der Waals surface area contributed by atoms with Crippen LogP contribution in [0.2, 0.25) is 0 Å². The van der Waals surface area contributed by atoms with E-state index in [1.807, 2.05) is 0 Å². The van der Waals surface area contributed by atoms with Gasteiger partial charge in [0.05, 0.1) is 16.8 Å². The molecule has 0 saturated carbocycles. The van der Waals surface area contributed by atoms with Crippen molar-refractivity contribution in [1.29, 1.82) is 0 Å². The predicted octanol–water partition coefficient (Wildman–Crippen LogP) is 3.68. The maximum atomic E-state index is 3.76. The first-order valence-electron chi connectivity index (χ1n) is 6.96. The van der Waals surface area contributed by atoms with Crippen LogP contribution in [0.25, 0.3) is 22.2 Å². The van der Waals surface area contributed by atoms with Gasteiger partial charge in [-0.3, -0.25) is 0 Å². The lowest BCUT2D eigenvalue weighted by atomic mass is 10.1. The van der Waals surface area contributed by atoms with Crippen LogP contribution in [0.1, 0.15) is 5.56 Å². The number of rotatable bonds is 1. The zero-order chi connectivity index (χ0) is 13.7. The highest BCUT2D eigenvalue weighted by atomic mass is 79.9. The van der Waals surface area contributed by atoms with Crippen molar-refractivity contribution in [3.8, 4) is 11.3 Å². The van der Waals surface area contributed by atoms with Crippen LogP contribution in [-0.4, -0.2) is 9.51 Å². The number of hydrogen-bond acceptors (Lipinski definition) is 0. The fraction of sp³-hybridized carbons (Fsp3) is 0.235. The number of fused-ring (bicyclic) bond motifs is 3. The Morgan fingerprint density at radius 3 is 2.75 bits per heavy atom. The van der Waals surface area contributed by atoms with Crippen molar-refractivity contribution in [3.63, 3.8) is 0 Å². The molecule has 0 radical (unpaired) electrons. The molecule has 100 valence electrons. The van der Waals surface area contributed by atoms with Crippen molar-refractivity contribution in [2.45, 2.75) is 24.8 Å². The lowest BCUT2D eigenvalue weighted by Gasteiger charge is -1.98. The zero-order valence-corrected chi connectivity index (χ0v) is 13.0. The normalized spacial score (nSPS) is 17.6. The van der Waals surface area contributed by atoms with Gasteiger partial charge in [-0.05, 0) is 31.2 Å². The summed E-state index contributed by atoms with van der Waals surface area (Å²) >= 11 is 3.76. The number of alkyl halides is 1. The molecule has 20 heavy (non-hydrogen) atoms. The fourth-order valence-corrected chi connectivity index (χ4v) is 3.72. The first kappa shape index (κ1) is 12.2. The first-order chi connectivity index (χ1) is 9.74. The van der Waals surface area contributed by atoms with Gasteiger partial charge in [0.25, 0.3) is 0 Å². The minimum atomic E-state index is 0.524. The number of halogens is 1. The van der Waals surface area contributed by atoms with Crippen LogP contribution in [0.3, 0.4) is 0 Å². The summed E-state index contributed by atoms with van der Waals surface area (Å²) in [7, 11) is 0. The topological polar surface area (TPSA) is 8.81 Å². The molecule has 0 fully saturated rings. The second-order valence-electron chi connectivity index (χ2n) is 5.50. The molecule has 1 atom stereocenters. The minimum Gasteiger partial charge on any atom is -0.151 e. The van der Waals surface area contributed by atoms with Gasteiger partial charge in [-0.1, -0.05) is 45.8 Å². The molecule has 3 heteroatoms. The van der Waals surface area contributed by atoms with Gasteiger partial charge in [0.2, 0.25) is 5.69 Å². The molecule has 1 unspecified atom stereocenters. The summed E-state index contributed by atoms with van der Waals surface area (Å²) in [6.45, 7) is 4.22. The quantitative estimate of drug-likeness (QED) is 0.476. The molecule has 0 aliphatic carbocycles. The van der Waals surface area contributed by atoms with Crippen molar-refractivity contribution in [2.24, 2.45) is 0 Å². The van der Waals surface area contributed by atoms with Gasteiger partial charge >= 0.3 is 0 Å². The molecule has 1 aliphatic heterocycles. The Balaban J connectivity index is 2.09. The highest BCUT2D eigenvalue weighted by molar-refractivity contribution is 9.09. The van der Waals surface area contributed by atoms with Gasteiger partial charge in [-0.2, -0.15) is 4.68 Å². The SMILES string of the molecule is Cc1ccc2c(c1)c(-c1ccccc1)[n+]1n2CC(Br)C1. The molecule has 0 bridgehead atoms. The Morgan fingerprint density at radius 1 is 1.15 bits per heavy atom.